The van der Waals surface area contributed by atoms with Gasteiger partial charge in [0.15, 0.2) is 0 Å². The molecule has 0 amide bonds. The number of thioether (sulfide) groups is 1. The minimum absolute atomic E-state index is 0.411. The Hall–Kier alpha value is -1.68. The Kier molecular flexibility index (Phi) is 12.5. The Morgan fingerprint density at radius 3 is 1.86 bits per heavy atom. The number of hydrogen-bond donors (Lipinski definition) is 0. The summed E-state index contributed by atoms with van der Waals surface area (Å²) in [6.45, 7) is 6.13. The molecule has 1 nitrogen and oxygen atoms in total. The molecule has 1 aliphatic rings. The van der Waals surface area contributed by atoms with Crippen LogP contribution < -0.4 is 0 Å². The van der Waals surface area contributed by atoms with E-state index < -0.39 is 11.6 Å². The lowest BCUT2D eigenvalue weighted by atomic mass is 9.86. The molecule has 1 fully saturated rings. The second-order valence-corrected chi connectivity index (χ2v) is 8.13. The molecule has 1 saturated carbocycles. The molecule has 1 aliphatic carbocycles. The molecule has 0 radical (unpaired) electrons. The Morgan fingerprint density at radius 2 is 1.39 bits per heavy atom. The molecule has 0 N–H and O–H groups in total. The second kappa shape index (κ2) is 14.3. The minimum Gasteiger partial charge on any atom is -0.303 e. The quantitative estimate of drug-likeness (QED) is 0.475. The van der Waals surface area contributed by atoms with Crippen molar-refractivity contribution in [2.24, 2.45) is 5.92 Å². The summed E-state index contributed by atoms with van der Waals surface area (Å²) in [5.74, 6) is -0.0251. The van der Waals surface area contributed by atoms with Gasteiger partial charge in [0.1, 0.15) is 17.9 Å². The van der Waals surface area contributed by atoms with E-state index in [0.717, 1.165) is 54.6 Å². The standard InChI is InChI=1S/C16H22OS.C6H4F2.C2H6/c1-13-4-8-15(9-5-13)18-16-10-6-14(7-11-16)3-2-12-17;7-5-1-2-6(8)4-3-5;1-2/h4-5,8-9,12,14,16H,2-3,6-7,10-11H2,1H3;1-4H;1-2H3. The van der Waals surface area contributed by atoms with Crippen molar-refractivity contribution in [3.63, 3.8) is 0 Å². The molecular formula is C24H32F2OS. The highest BCUT2D eigenvalue weighted by Crippen LogP contribution is 2.37. The highest BCUT2D eigenvalue weighted by Gasteiger charge is 2.21. The van der Waals surface area contributed by atoms with E-state index >= 15 is 0 Å². The number of aldehydes is 1. The van der Waals surface area contributed by atoms with E-state index in [9.17, 15) is 13.6 Å². The Balaban J connectivity index is 0.000000327. The minimum atomic E-state index is -0.411. The highest BCUT2D eigenvalue weighted by molar-refractivity contribution is 8.00. The van der Waals surface area contributed by atoms with Gasteiger partial charge in [-0.05, 0) is 81.3 Å². The summed E-state index contributed by atoms with van der Waals surface area (Å²) in [6, 6.07) is 13.2. The van der Waals surface area contributed by atoms with Gasteiger partial charge >= 0.3 is 0 Å². The Labute approximate surface area is 172 Å². The van der Waals surface area contributed by atoms with Crippen molar-refractivity contribution in [1.82, 2.24) is 0 Å². The van der Waals surface area contributed by atoms with Crippen LogP contribution in [0.2, 0.25) is 0 Å². The summed E-state index contributed by atoms with van der Waals surface area (Å²) < 4.78 is 23.8. The van der Waals surface area contributed by atoms with Crippen LogP contribution >= 0.6 is 11.8 Å². The van der Waals surface area contributed by atoms with E-state index in [0.29, 0.717) is 0 Å². The number of hydrogen-bond acceptors (Lipinski definition) is 2. The molecule has 0 aliphatic heterocycles. The van der Waals surface area contributed by atoms with Gasteiger partial charge in [0.2, 0.25) is 0 Å². The van der Waals surface area contributed by atoms with Crippen LogP contribution in [0, 0.1) is 24.5 Å². The van der Waals surface area contributed by atoms with Crippen molar-refractivity contribution < 1.29 is 13.6 Å². The predicted molar refractivity (Wildman–Crippen MR) is 116 cm³/mol. The normalized spacial score (nSPS) is 18.2. The van der Waals surface area contributed by atoms with Crippen LogP contribution in [0.3, 0.4) is 0 Å². The summed E-state index contributed by atoms with van der Waals surface area (Å²) >= 11 is 2.03. The monoisotopic (exact) mass is 406 g/mol. The molecule has 154 valence electrons. The van der Waals surface area contributed by atoms with Gasteiger partial charge in [0.05, 0.1) is 0 Å². The first kappa shape index (κ1) is 24.4. The largest absolute Gasteiger partial charge is 0.303 e. The summed E-state index contributed by atoms with van der Waals surface area (Å²) in [6.07, 6.45) is 8.14. The first-order valence-corrected chi connectivity index (χ1v) is 11.0. The number of halogens is 2. The number of aryl methyl sites for hydroxylation is 1. The maximum absolute atomic E-state index is 11.9. The number of carbonyl (C=O) groups excluding carboxylic acids is 1. The molecule has 28 heavy (non-hydrogen) atoms. The molecular weight excluding hydrogens is 374 g/mol. The zero-order valence-corrected chi connectivity index (χ0v) is 18.0. The van der Waals surface area contributed by atoms with Crippen LogP contribution in [0.1, 0.15) is 57.9 Å². The first-order valence-electron chi connectivity index (χ1n) is 10.1. The van der Waals surface area contributed by atoms with Crippen molar-refractivity contribution in [2.75, 3.05) is 0 Å². The van der Waals surface area contributed by atoms with E-state index in [1.165, 1.54) is 36.1 Å². The molecule has 0 unspecified atom stereocenters. The van der Waals surface area contributed by atoms with Gasteiger partial charge < -0.3 is 4.79 Å². The van der Waals surface area contributed by atoms with Crippen LogP contribution in [0.4, 0.5) is 8.78 Å². The lowest BCUT2D eigenvalue weighted by molar-refractivity contribution is -0.108. The predicted octanol–water partition coefficient (Wildman–Crippen LogP) is 7.62. The van der Waals surface area contributed by atoms with E-state index in [4.69, 9.17) is 0 Å². The van der Waals surface area contributed by atoms with Gasteiger partial charge in [-0.25, -0.2) is 8.78 Å². The molecule has 0 aromatic heterocycles. The van der Waals surface area contributed by atoms with Gasteiger partial charge in [-0.15, -0.1) is 11.8 Å². The van der Waals surface area contributed by atoms with Crippen molar-refractivity contribution in [1.29, 1.82) is 0 Å². The van der Waals surface area contributed by atoms with Gasteiger partial charge in [0, 0.05) is 16.6 Å². The number of benzene rings is 2. The molecule has 2 aromatic carbocycles. The Morgan fingerprint density at radius 1 is 0.893 bits per heavy atom. The van der Waals surface area contributed by atoms with Gasteiger partial charge in [-0.3, -0.25) is 0 Å². The Bertz CT molecular complexity index is 626. The molecule has 2 aromatic rings. The van der Waals surface area contributed by atoms with Crippen LogP contribution in [0.5, 0.6) is 0 Å². The number of carbonyl (C=O) groups is 1. The second-order valence-electron chi connectivity index (χ2n) is 6.75. The zero-order valence-electron chi connectivity index (χ0n) is 17.2. The SMILES string of the molecule is CC.Cc1ccc(SC2CCC(CCC=O)CC2)cc1.Fc1ccc(F)cc1. The maximum atomic E-state index is 11.9. The topological polar surface area (TPSA) is 17.1 Å². The summed E-state index contributed by atoms with van der Waals surface area (Å²) in [5.41, 5.74) is 1.33. The summed E-state index contributed by atoms with van der Waals surface area (Å²) in [4.78, 5) is 11.8. The molecule has 0 heterocycles. The first-order chi connectivity index (χ1) is 13.6. The third kappa shape index (κ3) is 10.0. The van der Waals surface area contributed by atoms with Crippen LogP contribution in [-0.2, 0) is 4.79 Å². The molecule has 0 bridgehead atoms. The van der Waals surface area contributed by atoms with Crippen molar-refractivity contribution in [2.45, 2.75) is 69.4 Å². The lowest BCUT2D eigenvalue weighted by Crippen LogP contribution is -2.16. The average Bonchev–Trinajstić information content (AvgIpc) is 2.73. The fourth-order valence-electron chi connectivity index (χ4n) is 3.08. The summed E-state index contributed by atoms with van der Waals surface area (Å²) in [7, 11) is 0. The van der Waals surface area contributed by atoms with Crippen LogP contribution in [0.15, 0.2) is 53.4 Å². The lowest BCUT2D eigenvalue weighted by Gasteiger charge is -2.27. The fraction of sp³-hybridized carbons (Fsp3) is 0.458. The van der Waals surface area contributed by atoms with Gasteiger partial charge in [0.25, 0.3) is 0 Å². The third-order valence-electron chi connectivity index (χ3n) is 4.61. The van der Waals surface area contributed by atoms with E-state index in [2.05, 4.69) is 31.2 Å². The summed E-state index contributed by atoms with van der Waals surface area (Å²) in [5, 5.41) is 0.778. The number of rotatable bonds is 5. The molecule has 3 rings (SSSR count). The maximum Gasteiger partial charge on any atom is 0.123 e. The molecule has 0 spiro atoms. The molecule has 0 atom stereocenters. The van der Waals surface area contributed by atoms with Crippen molar-refractivity contribution in [3.8, 4) is 0 Å². The fourth-order valence-corrected chi connectivity index (χ4v) is 4.27. The zero-order chi connectivity index (χ0) is 20.8. The van der Waals surface area contributed by atoms with Gasteiger partial charge in [-0.1, -0.05) is 31.5 Å². The van der Waals surface area contributed by atoms with E-state index in [1.54, 1.807) is 0 Å². The molecule has 0 saturated heterocycles. The van der Waals surface area contributed by atoms with Crippen molar-refractivity contribution in [3.05, 3.63) is 65.7 Å². The smallest absolute Gasteiger partial charge is 0.123 e. The van der Waals surface area contributed by atoms with Crippen LogP contribution in [-0.4, -0.2) is 11.5 Å². The molecule has 4 heteroatoms. The highest BCUT2D eigenvalue weighted by atomic mass is 32.2. The van der Waals surface area contributed by atoms with Crippen LogP contribution in [0.25, 0.3) is 0 Å². The average molecular weight is 407 g/mol. The third-order valence-corrected chi connectivity index (χ3v) is 5.96. The van der Waals surface area contributed by atoms with Crippen molar-refractivity contribution >= 4 is 18.0 Å². The van der Waals surface area contributed by atoms with E-state index in [-0.39, 0.29) is 0 Å². The van der Waals surface area contributed by atoms with E-state index in [1.807, 2.05) is 25.6 Å². The van der Waals surface area contributed by atoms with Gasteiger partial charge in [-0.2, -0.15) is 0 Å².